The first-order valence-electron chi connectivity index (χ1n) is 6.95. The molecule has 0 aliphatic carbocycles. The predicted molar refractivity (Wildman–Crippen MR) is 84.6 cm³/mol. The van der Waals surface area contributed by atoms with Gasteiger partial charge in [-0.15, -0.1) is 16.6 Å². The quantitative estimate of drug-likeness (QED) is 0.735. The van der Waals surface area contributed by atoms with Crippen LogP contribution in [0.1, 0.15) is 11.1 Å². The van der Waals surface area contributed by atoms with Crippen molar-refractivity contribution in [3.8, 4) is 29.4 Å². The van der Waals surface area contributed by atoms with E-state index in [1.54, 1.807) is 0 Å². The van der Waals surface area contributed by atoms with Gasteiger partial charge in [0.15, 0.2) is 5.82 Å². The lowest BCUT2D eigenvalue weighted by molar-refractivity contribution is -0.137. The van der Waals surface area contributed by atoms with Crippen LogP contribution >= 0.6 is 0 Å². The number of likely N-dealkylation sites (N-methyl/N-ethyl adjacent to an activating group) is 1. The number of aromatic hydroxyl groups is 1. The molecule has 2 aromatic rings. The Hall–Kier alpha value is -3.12. The molecule has 0 aliphatic rings. The molecule has 1 heterocycles. The van der Waals surface area contributed by atoms with E-state index < -0.39 is 29.1 Å². The van der Waals surface area contributed by atoms with Crippen LogP contribution in [0.25, 0.3) is 11.3 Å². The first kappa shape index (κ1) is 18.2. The number of hydrogen-bond acceptors (Lipinski definition) is 5. The van der Waals surface area contributed by atoms with Crippen molar-refractivity contribution in [1.82, 2.24) is 15.5 Å². The highest BCUT2D eigenvalue weighted by molar-refractivity contribution is 5.91. The van der Waals surface area contributed by atoms with E-state index in [2.05, 4.69) is 26.8 Å². The van der Waals surface area contributed by atoms with Crippen molar-refractivity contribution in [3.63, 3.8) is 0 Å². The molecule has 0 spiro atoms. The van der Waals surface area contributed by atoms with Gasteiger partial charge in [0.2, 0.25) is 5.91 Å². The summed E-state index contributed by atoms with van der Waals surface area (Å²) in [4.78, 5) is 11.5. The van der Waals surface area contributed by atoms with Gasteiger partial charge in [0.05, 0.1) is 12.1 Å². The summed E-state index contributed by atoms with van der Waals surface area (Å²) in [6.07, 6.45) is 0.410. The molecule has 0 saturated carbocycles. The van der Waals surface area contributed by atoms with Gasteiger partial charge in [0, 0.05) is 11.1 Å². The number of halogens is 3. The van der Waals surface area contributed by atoms with E-state index in [1.807, 2.05) is 0 Å². The number of anilines is 1. The number of nitrogens with zero attached hydrogens (tertiary/aromatic N) is 2. The number of rotatable bonds is 4. The van der Waals surface area contributed by atoms with Crippen LogP contribution in [0.2, 0.25) is 0 Å². The fourth-order valence-electron chi connectivity index (χ4n) is 2.04. The first-order chi connectivity index (χ1) is 11.8. The molecule has 0 atom stereocenters. The highest BCUT2D eigenvalue weighted by Crippen LogP contribution is 2.39. The first-order valence-corrected chi connectivity index (χ1v) is 6.95. The second-order valence-electron chi connectivity index (χ2n) is 4.94. The lowest BCUT2D eigenvalue weighted by atomic mass is 10.0. The Morgan fingerprint density at radius 1 is 1.32 bits per heavy atom. The normalized spacial score (nSPS) is 11.0. The minimum absolute atomic E-state index is 0.0981. The molecule has 3 N–H and O–H groups in total. The second-order valence-corrected chi connectivity index (χ2v) is 4.94. The Balaban J connectivity index is 2.52. The Morgan fingerprint density at radius 2 is 2.04 bits per heavy atom. The van der Waals surface area contributed by atoms with E-state index in [0.29, 0.717) is 11.6 Å². The minimum atomic E-state index is -4.77. The lowest BCUT2D eigenvalue weighted by Gasteiger charge is -2.14. The van der Waals surface area contributed by atoms with E-state index >= 15 is 0 Å². The van der Waals surface area contributed by atoms with E-state index in [-0.39, 0.29) is 17.9 Å². The van der Waals surface area contributed by atoms with Crippen LogP contribution in [-0.2, 0) is 11.0 Å². The van der Waals surface area contributed by atoms with Crippen molar-refractivity contribution in [2.75, 3.05) is 18.9 Å². The number of carbonyl (C=O) groups is 1. The molecule has 0 fully saturated rings. The number of aromatic nitrogens is 2. The predicted octanol–water partition coefficient (Wildman–Crippen LogP) is 2.01. The van der Waals surface area contributed by atoms with Crippen LogP contribution in [-0.4, -0.2) is 34.8 Å². The van der Waals surface area contributed by atoms with Gasteiger partial charge in [0.25, 0.3) is 0 Å². The SMILES string of the molecule is C#Cc1ccc(-c2nnc(NC(=O)CNC)cc2C(F)(F)F)c(O)c1. The molecule has 1 amide bonds. The van der Waals surface area contributed by atoms with Gasteiger partial charge in [-0.05, 0) is 31.3 Å². The van der Waals surface area contributed by atoms with Gasteiger partial charge in [0.1, 0.15) is 11.4 Å². The van der Waals surface area contributed by atoms with Crippen LogP contribution < -0.4 is 10.6 Å². The van der Waals surface area contributed by atoms with Crippen LogP contribution in [0.15, 0.2) is 24.3 Å². The summed E-state index contributed by atoms with van der Waals surface area (Å²) in [6, 6.07) is 4.41. The van der Waals surface area contributed by atoms with Crippen molar-refractivity contribution in [1.29, 1.82) is 0 Å². The van der Waals surface area contributed by atoms with E-state index in [4.69, 9.17) is 6.42 Å². The molecule has 9 heteroatoms. The van der Waals surface area contributed by atoms with Gasteiger partial charge < -0.3 is 15.7 Å². The molecule has 0 radical (unpaired) electrons. The summed E-state index contributed by atoms with van der Waals surface area (Å²) in [7, 11) is 1.51. The fourth-order valence-corrected chi connectivity index (χ4v) is 2.04. The lowest BCUT2D eigenvalue weighted by Crippen LogP contribution is -2.26. The topological polar surface area (TPSA) is 87.1 Å². The molecule has 130 valence electrons. The Morgan fingerprint density at radius 3 is 2.60 bits per heavy atom. The van der Waals surface area contributed by atoms with Crippen LogP contribution in [0.3, 0.4) is 0 Å². The van der Waals surface area contributed by atoms with E-state index in [0.717, 1.165) is 6.07 Å². The number of alkyl halides is 3. The summed E-state index contributed by atoms with van der Waals surface area (Å²) >= 11 is 0. The summed E-state index contributed by atoms with van der Waals surface area (Å²) < 4.78 is 40.1. The van der Waals surface area contributed by atoms with Crippen LogP contribution in [0.5, 0.6) is 5.75 Å². The standard InChI is InChI=1S/C16H13F3N4O2/c1-3-9-4-5-10(12(24)6-9)15-11(16(17,18)19)7-13(22-23-15)21-14(25)8-20-2/h1,4-7,20,24H,8H2,2H3,(H,21,22,25). The molecule has 6 nitrogen and oxygen atoms in total. The van der Waals surface area contributed by atoms with Gasteiger partial charge in [-0.1, -0.05) is 5.92 Å². The number of amides is 1. The highest BCUT2D eigenvalue weighted by Gasteiger charge is 2.36. The number of phenolic OH excluding ortho intramolecular Hbond substituents is 1. The molecule has 0 aliphatic heterocycles. The average molecular weight is 350 g/mol. The molecule has 1 aromatic heterocycles. The Labute approximate surface area is 141 Å². The summed E-state index contributed by atoms with van der Waals surface area (Å²) in [5, 5.41) is 21.8. The van der Waals surface area contributed by atoms with Gasteiger partial charge in [-0.2, -0.15) is 13.2 Å². The number of carbonyl (C=O) groups excluding carboxylic acids is 1. The largest absolute Gasteiger partial charge is 0.507 e. The van der Waals surface area contributed by atoms with Crippen LogP contribution in [0.4, 0.5) is 19.0 Å². The Kier molecular flexibility index (Phi) is 5.24. The maximum absolute atomic E-state index is 13.4. The number of benzene rings is 1. The van der Waals surface area contributed by atoms with Crippen LogP contribution in [0, 0.1) is 12.3 Å². The maximum atomic E-state index is 13.4. The summed E-state index contributed by atoms with van der Waals surface area (Å²) in [5.41, 5.74) is -1.59. The molecular weight excluding hydrogens is 337 g/mol. The third kappa shape index (κ3) is 4.24. The van der Waals surface area contributed by atoms with Gasteiger partial charge in [-0.3, -0.25) is 4.79 Å². The molecule has 0 bridgehead atoms. The molecule has 1 aromatic carbocycles. The maximum Gasteiger partial charge on any atom is 0.418 e. The average Bonchev–Trinajstić information content (AvgIpc) is 2.54. The van der Waals surface area contributed by atoms with Crippen molar-refractivity contribution in [3.05, 3.63) is 35.4 Å². The third-order valence-electron chi connectivity index (χ3n) is 3.12. The summed E-state index contributed by atoms with van der Waals surface area (Å²) in [5.74, 6) is 0.885. The van der Waals surface area contributed by atoms with Crippen molar-refractivity contribution < 1.29 is 23.1 Å². The summed E-state index contributed by atoms with van der Waals surface area (Å²) in [6.45, 7) is -0.0981. The van der Waals surface area contributed by atoms with Crippen molar-refractivity contribution >= 4 is 11.7 Å². The zero-order chi connectivity index (χ0) is 18.6. The van der Waals surface area contributed by atoms with Crippen molar-refractivity contribution in [2.45, 2.75) is 6.18 Å². The monoisotopic (exact) mass is 350 g/mol. The highest BCUT2D eigenvalue weighted by atomic mass is 19.4. The molecule has 0 unspecified atom stereocenters. The van der Waals surface area contributed by atoms with E-state index in [9.17, 15) is 23.1 Å². The zero-order valence-electron chi connectivity index (χ0n) is 13.0. The van der Waals surface area contributed by atoms with Gasteiger partial charge in [-0.25, -0.2) is 0 Å². The minimum Gasteiger partial charge on any atom is -0.507 e. The molecule has 25 heavy (non-hydrogen) atoms. The smallest absolute Gasteiger partial charge is 0.418 e. The number of nitrogens with one attached hydrogen (secondary N) is 2. The number of terminal acetylenes is 1. The zero-order valence-corrected chi connectivity index (χ0v) is 13.0. The Bertz CT molecular complexity index is 844. The van der Waals surface area contributed by atoms with Gasteiger partial charge >= 0.3 is 6.18 Å². The fraction of sp³-hybridized carbons (Fsp3) is 0.188. The molecule has 2 rings (SSSR count). The molecular formula is C16H13F3N4O2. The number of phenols is 1. The van der Waals surface area contributed by atoms with E-state index in [1.165, 1.54) is 19.2 Å². The molecule has 0 saturated heterocycles. The van der Waals surface area contributed by atoms with Crippen molar-refractivity contribution in [2.24, 2.45) is 0 Å². The third-order valence-corrected chi connectivity index (χ3v) is 3.12. The number of hydrogen-bond donors (Lipinski definition) is 3. The second kappa shape index (κ2) is 7.19.